The van der Waals surface area contributed by atoms with Gasteiger partial charge in [0.2, 0.25) is 5.91 Å². The number of aromatic nitrogens is 2. The summed E-state index contributed by atoms with van der Waals surface area (Å²) in [6.45, 7) is 4.15. The zero-order valence-electron chi connectivity index (χ0n) is 14.2. The molecule has 0 atom stereocenters. The molecule has 7 heteroatoms. The second-order valence-corrected chi connectivity index (χ2v) is 6.50. The van der Waals surface area contributed by atoms with E-state index in [4.69, 9.17) is 6.42 Å². The van der Waals surface area contributed by atoms with Crippen molar-refractivity contribution in [3.8, 4) is 12.3 Å². The molecule has 3 heterocycles. The minimum Gasteiger partial charge on any atom is -0.340 e. The van der Waals surface area contributed by atoms with Crippen LogP contribution in [0.2, 0.25) is 0 Å². The molecule has 0 unspecified atom stereocenters. The van der Waals surface area contributed by atoms with Gasteiger partial charge in [-0.05, 0) is 0 Å². The molecule has 2 aliphatic heterocycles. The summed E-state index contributed by atoms with van der Waals surface area (Å²) in [5.74, 6) is 3.87. The molecule has 0 aromatic carbocycles. The molecular weight excluding hydrogens is 304 g/mol. The Morgan fingerprint density at radius 3 is 2.62 bits per heavy atom. The van der Waals surface area contributed by atoms with E-state index in [0.717, 1.165) is 45.0 Å². The van der Waals surface area contributed by atoms with E-state index >= 15 is 0 Å². The van der Waals surface area contributed by atoms with Gasteiger partial charge < -0.3 is 9.47 Å². The maximum absolute atomic E-state index is 12.4. The van der Waals surface area contributed by atoms with E-state index in [1.54, 1.807) is 0 Å². The van der Waals surface area contributed by atoms with Crippen molar-refractivity contribution >= 4 is 5.91 Å². The molecule has 0 aliphatic carbocycles. The highest BCUT2D eigenvalue weighted by molar-refractivity contribution is 5.76. The largest absolute Gasteiger partial charge is 0.340 e. The van der Waals surface area contributed by atoms with Crippen LogP contribution in [0, 0.1) is 12.3 Å². The van der Waals surface area contributed by atoms with Crippen molar-refractivity contribution in [3.05, 3.63) is 18.2 Å². The second-order valence-electron chi connectivity index (χ2n) is 6.50. The number of imidazole rings is 1. The Morgan fingerprint density at radius 2 is 2.04 bits per heavy atom. The first-order chi connectivity index (χ1) is 11.6. The molecule has 24 heavy (non-hydrogen) atoms. The van der Waals surface area contributed by atoms with Crippen LogP contribution in [0.4, 0.5) is 0 Å². The summed E-state index contributed by atoms with van der Waals surface area (Å²) in [6.07, 6.45) is 11.7. The average molecular weight is 328 g/mol. The molecule has 0 saturated carbocycles. The highest BCUT2D eigenvalue weighted by Gasteiger charge is 2.39. The molecule has 0 N–H and O–H groups in total. The Kier molecular flexibility index (Phi) is 4.95. The molecule has 7 nitrogen and oxygen atoms in total. The fourth-order valence-corrected chi connectivity index (χ4v) is 3.04. The van der Waals surface area contributed by atoms with E-state index in [2.05, 4.69) is 26.0 Å². The monoisotopic (exact) mass is 328 g/mol. The number of amides is 1. The maximum atomic E-state index is 12.4. The Bertz CT molecular complexity index is 644. The van der Waals surface area contributed by atoms with Gasteiger partial charge in [0.1, 0.15) is 5.82 Å². The van der Waals surface area contributed by atoms with Gasteiger partial charge in [-0.15, -0.1) is 12.3 Å². The molecule has 0 bridgehead atoms. The van der Waals surface area contributed by atoms with Crippen LogP contribution in [0.5, 0.6) is 0 Å². The molecular formula is C17H24N6O. The lowest BCUT2D eigenvalue weighted by Gasteiger charge is -2.34. The van der Waals surface area contributed by atoms with Crippen LogP contribution >= 0.6 is 0 Å². The van der Waals surface area contributed by atoms with Crippen LogP contribution in [0.15, 0.2) is 22.6 Å². The predicted octanol–water partition coefficient (Wildman–Crippen LogP) is 1.42. The van der Waals surface area contributed by atoms with Crippen molar-refractivity contribution in [2.75, 3.05) is 26.2 Å². The maximum Gasteiger partial charge on any atom is 0.222 e. The lowest BCUT2D eigenvalue weighted by Crippen LogP contribution is -2.48. The van der Waals surface area contributed by atoms with Crippen molar-refractivity contribution in [1.29, 1.82) is 0 Å². The lowest BCUT2D eigenvalue weighted by molar-refractivity contribution is -0.133. The van der Waals surface area contributed by atoms with Crippen molar-refractivity contribution < 1.29 is 4.79 Å². The first-order valence-corrected chi connectivity index (χ1v) is 8.46. The summed E-state index contributed by atoms with van der Waals surface area (Å²) < 4.78 is 2.04. The Hall–Kier alpha value is -2.20. The number of hydrogen-bond acceptors (Lipinski definition) is 5. The van der Waals surface area contributed by atoms with Gasteiger partial charge in [-0.1, -0.05) is 0 Å². The van der Waals surface area contributed by atoms with Crippen LogP contribution in [-0.4, -0.2) is 57.1 Å². The summed E-state index contributed by atoms with van der Waals surface area (Å²) >= 11 is 0. The van der Waals surface area contributed by atoms with Gasteiger partial charge in [0.05, 0.1) is 6.54 Å². The number of terminal acetylenes is 1. The number of rotatable bonds is 7. The number of carbonyl (C=O) groups is 1. The normalized spacial score (nSPS) is 19.2. The van der Waals surface area contributed by atoms with Crippen LogP contribution in [0.3, 0.4) is 0 Å². The van der Waals surface area contributed by atoms with Crippen LogP contribution in [0.25, 0.3) is 0 Å². The van der Waals surface area contributed by atoms with E-state index < -0.39 is 0 Å². The quantitative estimate of drug-likeness (QED) is 0.711. The molecule has 1 saturated heterocycles. The van der Waals surface area contributed by atoms with Gasteiger partial charge in [-0.2, -0.15) is 10.2 Å². The third-order valence-corrected chi connectivity index (χ3v) is 4.80. The molecule has 128 valence electrons. The topological polar surface area (TPSA) is 66.1 Å². The van der Waals surface area contributed by atoms with Gasteiger partial charge in [0.25, 0.3) is 0 Å². The smallest absolute Gasteiger partial charge is 0.222 e. The van der Waals surface area contributed by atoms with E-state index in [1.807, 2.05) is 28.9 Å². The first-order valence-electron chi connectivity index (χ1n) is 8.46. The van der Waals surface area contributed by atoms with E-state index in [0.29, 0.717) is 19.3 Å². The summed E-state index contributed by atoms with van der Waals surface area (Å²) in [7, 11) is 2.01. The summed E-state index contributed by atoms with van der Waals surface area (Å²) in [5.41, 5.74) is -0.359. The number of nitrogens with zero attached hydrogens (tertiary/aromatic N) is 6. The first kappa shape index (κ1) is 16.7. The van der Waals surface area contributed by atoms with E-state index in [-0.39, 0.29) is 11.6 Å². The van der Waals surface area contributed by atoms with E-state index in [1.165, 1.54) is 0 Å². The van der Waals surface area contributed by atoms with Gasteiger partial charge in [-0.25, -0.2) is 4.98 Å². The Labute approximate surface area is 142 Å². The fourth-order valence-electron chi connectivity index (χ4n) is 3.04. The van der Waals surface area contributed by atoms with Crippen molar-refractivity contribution in [1.82, 2.24) is 19.4 Å². The highest BCUT2D eigenvalue weighted by Crippen LogP contribution is 2.37. The van der Waals surface area contributed by atoms with Gasteiger partial charge in [0, 0.05) is 71.3 Å². The highest BCUT2D eigenvalue weighted by atomic mass is 16.2. The molecule has 3 rings (SSSR count). The van der Waals surface area contributed by atoms with Crippen LogP contribution in [0.1, 0.15) is 31.5 Å². The Balaban J connectivity index is 1.39. The van der Waals surface area contributed by atoms with Crippen LogP contribution < -0.4 is 0 Å². The lowest BCUT2D eigenvalue weighted by atomic mass is 10.0. The zero-order valence-corrected chi connectivity index (χ0v) is 14.2. The third kappa shape index (κ3) is 4.01. The van der Waals surface area contributed by atoms with Crippen molar-refractivity contribution in [3.63, 3.8) is 0 Å². The molecule has 0 radical (unpaired) electrons. The number of piperazine rings is 1. The van der Waals surface area contributed by atoms with Gasteiger partial charge >= 0.3 is 0 Å². The Morgan fingerprint density at radius 1 is 1.29 bits per heavy atom. The minimum absolute atomic E-state index is 0.198. The van der Waals surface area contributed by atoms with Crippen molar-refractivity contribution in [2.24, 2.45) is 17.3 Å². The SMILES string of the molecule is C#CCCC1(CCC(=O)N2CCN(Cc3nccn3C)CC2)N=N1. The fraction of sp³-hybridized carbons (Fsp3) is 0.647. The number of aryl methyl sites for hydroxylation is 1. The molecule has 1 aromatic rings. The standard InChI is InChI=1S/C17H24N6O/c1-3-4-6-17(19-20-17)7-5-16(24)23-12-10-22(11-13-23)14-15-18-8-9-21(15)2/h1,8-9H,4-7,10-14H2,2H3. The summed E-state index contributed by atoms with van der Waals surface area (Å²) in [4.78, 5) is 21.0. The molecule has 1 aromatic heterocycles. The zero-order chi connectivity index (χ0) is 17.0. The van der Waals surface area contributed by atoms with Gasteiger partial charge in [-0.3, -0.25) is 9.69 Å². The molecule has 2 aliphatic rings. The number of hydrogen-bond donors (Lipinski definition) is 0. The summed E-state index contributed by atoms with van der Waals surface area (Å²) in [5, 5.41) is 8.18. The second kappa shape index (κ2) is 7.14. The summed E-state index contributed by atoms with van der Waals surface area (Å²) in [6, 6.07) is 0. The molecule has 1 fully saturated rings. The minimum atomic E-state index is -0.359. The predicted molar refractivity (Wildman–Crippen MR) is 90.0 cm³/mol. The van der Waals surface area contributed by atoms with Gasteiger partial charge in [0.15, 0.2) is 5.66 Å². The number of carbonyl (C=O) groups excluding carboxylic acids is 1. The molecule has 0 spiro atoms. The molecule has 1 amide bonds. The van der Waals surface area contributed by atoms with Crippen molar-refractivity contribution in [2.45, 2.75) is 37.9 Å². The van der Waals surface area contributed by atoms with Crippen LogP contribution in [-0.2, 0) is 18.4 Å². The third-order valence-electron chi connectivity index (χ3n) is 4.80. The average Bonchev–Trinajstić information content (AvgIpc) is 3.27. The van der Waals surface area contributed by atoms with E-state index in [9.17, 15) is 4.79 Å².